The minimum Gasteiger partial charge on any atom is -0.359 e. The number of aromatic nitrogens is 1. The van der Waals surface area contributed by atoms with Crippen molar-refractivity contribution in [2.24, 2.45) is 5.92 Å². The highest BCUT2D eigenvalue weighted by molar-refractivity contribution is 5.95. The summed E-state index contributed by atoms with van der Waals surface area (Å²) in [5.74, 6) is 1.02. The van der Waals surface area contributed by atoms with Gasteiger partial charge in [0, 0.05) is 6.20 Å². The van der Waals surface area contributed by atoms with Gasteiger partial charge in [-0.2, -0.15) is 0 Å². The Morgan fingerprint density at radius 3 is 3.12 bits per heavy atom. The number of hydrogen-bond acceptors (Lipinski definition) is 2. The van der Waals surface area contributed by atoms with Crippen LogP contribution in [0, 0.1) is 5.92 Å². The van der Waals surface area contributed by atoms with Gasteiger partial charge in [0.15, 0.2) is 5.78 Å². The van der Waals surface area contributed by atoms with Crippen molar-refractivity contribution in [1.82, 2.24) is 9.88 Å². The number of carbonyl (C=O) groups is 1. The standard InChI is InChI=1S/C13H20N2O/c1-11-4-3-8-15(9-6-11)10-13(16)12-5-2-7-14-12/h2,5,7,11,14H,3-4,6,8-10H2,1H3. The molecule has 1 saturated heterocycles. The van der Waals surface area contributed by atoms with Gasteiger partial charge in [0.2, 0.25) is 0 Å². The van der Waals surface area contributed by atoms with Crippen molar-refractivity contribution in [3.05, 3.63) is 24.0 Å². The number of carbonyl (C=O) groups excluding carboxylic acids is 1. The smallest absolute Gasteiger partial charge is 0.192 e. The molecule has 0 aliphatic carbocycles. The first-order valence-electron chi connectivity index (χ1n) is 6.14. The number of aromatic amines is 1. The van der Waals surface area contributed by atoms with Crippen LogP contribution in [0.2, 0.25) is 0 Å². The Kier molecular flexibility index (Phi) is 3.78. The number of likely N-dealkylation sites (tertiary alicyclic amines) is 1. The van der Waals surface area contributed by atoms with Crippen LogP contribution < -0.4 is 0 Å². The van der Waals surface area contributed by atoms with Crippen LogP contribution >= 0.6 is 0 Å². The average molecular weight is 220 g/mol. The molecule has 3 nitrogen and oxygen atoms in total. The van der Waals surface area contributed by atoms with Crippen molar-refractivity contribution in [2.45, 2.75) is 26.2 Å². The third-order valence-electron chi connectivity index (χ3n) is 3.37. The van der Waals surface area contributed by atoms with E-state index in [9.17, 15) is 4.79 Å². The van der Waals surface area contributed by atoms with E-state index in [1.54, 1.807) is 6.20 Å². The van der Waals surface area contributed by atoms with Crippen molar-refractivity contribution < 1.29 is 4.79 Å². The van der Waals surface area contributed by atoms with E-state index in [1.165, 1.54) is 19.3 Å². The highest BCUT2D eigenvalue weighted by Crippen LogP contribution is 2.16. The molecule has 1 fully saturated rings. The number of Topliss-reactive ketones (excluding diaryl/α,β-unsaturated/α-hetero) is 1. The maximum Gasteiger partial charge on any atom is 0.192 e. The molecule has 2 heterocycles. The largest absolute Gasteiger partial charge is 0.359 e. The molecular weight excluding hydrogens is 200 g/mol. The molecule has 1 unspecified atom stereocenters. The van der Waals surface area contributed by atoms with E-state index in [0.29, 0.717) is 6.54 Å². The summed E-state index contributed by atoms with van der Waals surface area (Å²) in [7, 11) is 0. The van der Waals surface area contributed by atoms with Gasteiger partial charge in [0.1, 0.15) is 0 Å². The first-order valence-corrected chi connectivity index (χ1v) is 6.14. The van der Waals surface area contributed by atoms with Gasteiger partial charge in [0.25, 0.3) is 0 Å². The quantitative estimate of drug-likeness (QED) is 0.794. The van der Waals surface area contributed by atoms with Gasteiger partial charge in [-0.3, -0.25) is 9.69 Å². The number of ketones is 1. The van der Waals surface area contributed by atoms with Crippen molar-refractivity contribution in [3.63, 3.8) is 0 Å². The van der Waals surface area contributed by atoms with Gasteiger partial charge >= 0.3 is 0 Å². The van der Waals surface area contributed by atoms with E-state index >= 15 is 0 Å². The molecule has 0 amide bonds. The number of nitrogens with zero attached hydrogens (tertiary/aromatic N) is 1. The molecule has 1 atom stereocenters. The molecule has 16 heavy (non-hydrogen) atoms. The molecule has 1 aromatic heterocycles. The van der Waals surface area contributed by atoms with Crippen LogP contribution in [-0.4, -0.2) is 35.3 Å². The van der Waals surface area contributed by atoms with Crippen LogP contribution in [0.15, 0.2) is 18.3 Å². The van der Waals surface area contributed by atoms with Gasteiger partial charge in [-0.05, 0) is 50.4 Å². The van der Waals surface area contributed by atoms with Gasteiger partial charge in [-0.25, -0.2) is 0 Å². The van der Waals surface area contributed by atoms with Crippen molar-refractivity contribution >= 4 is 5.78 Å². The lowest BCUT2D eigenvalue weighted by molar-refractivity contribution is 0.0928. The fraction of sp³-hybridized carbons (Fsp3) is 0.615. The van der Waals surface area contributed by atoms with E-state index in [4.69, 9.17) is 0 Å². The Bertz CT molecular complexity index is 332. The number of nitrogens with one attached hydrogen (secondary N) is 1. The molecule has 3 heteroatoms. The van der Waals surface area contributed by atoms with Crippen LogP contribution in [0.3, 0.4) is 0 Å². The minimum atomic E-state index is 0.208. The zero-order valence-electron chi connectivity index (χ0n) is 9.91. The zero-order valence-corrected chi connectivity index (χ0v) is 9.91. The fourth-order valence-electron chi connectivity index (χ4n) is 2.27. The van der Waals surface area contributed by atoms with Crippen molar-refractivity contribution in [2.75, 3.05) is 19.6 Å². The lowest BCUT2D eigenvalue weighted by atomic mass is 10.0. The minimum absolute atomic E-state index is 0.208. The molecule has 0 saturated carbocycles. The Morgan fingerprint density at radius 2 is 2.38 bits per heavy atom. The summed E-state index contributed by atoms with van der Waals surface area (Å²) in [4.78, 5) is 17.2. The maximum atomic E-state index is 11.9. The Hall–Kier alpha value is -1.09. The van der Waals surface area contributed by atoms with Gasteiger partial charge in [-0.15, -0.1) is 0 Å². The third kappa shape index (κ3) is 2.95. The summed E-state index contributed by atoms with van der Waals surface area (Å²) in [5, 5.41) is 0. The Labute approximate surface area is 96.8 Å². The second-order valence-corrected chi connectivity index (χ2v) is 4.82. The first-order chi connectivity index (χ1) is 7.75. The zero-order chi connectivity index (χ0) is 11.4. The van der Waals surface area contributed by atoms with Gasteiger partial charge in [-0.1, -0.05) is 6.92 Å². The Balaban J connectivity index is 1.87. The summed E-state index contributed by atoms with van der Waals surface area (Å²) in [6.45, 7) is 4.99. The molecule has 88 valence electrons. The van der Waals surface area contributed by atoms with E-state index in [-0.39, 0.29) is 5.78 Å². The second kappa shape index (κ2) is 5.30. The summed E-state index contributed by atoms with van der Waals surface area (Å²) in [5.41, 5.74) is 0.734. The molecule has 0 spiro atoms. The van der Waals surface area contributed by atoms with E-state index in [1.807, 2.05) is 12.1 Å². The first kappa shape index (κ1) is 11.4. The lowest BCUT2D eigenvalue weighted by Crippen LogP contribution is -2.31. The summed E-state index contributed by atoms with van der Waals surface area (Å²) < 4.78 is 0. The van der Waals surface area contributed by atoms with E-state index in [0.717, 1.165) is 24.7 Å². The molecule has 1 aromatic rings. The SMILES string of the molecule is CC1CCCN(CC(=O)c2ccc[nH]2)CC1. The predicted molar refractivity (Wildman–Crippen MR) is 64.6 cm³/mol. The summed E-state index contributed by atoms with van der Waals surface area (Å²) >= 11 is 0. The molecular formula is C13H20N2O. The maximum absolute atomic E-state index is 11.9. The van der Waals surface area contributed by atoms with Crippen molar-refractivity contribution in [1.29, 1.82) is 0 Å². The molecule has 1 aliphatic heterocycles. The second-order valence-electron chi connectivity index (χ2n) is 4.82. The van der Waals surface area contributed by atoms with E-state index in [2.05, 4.69) is 16.8 Å². The molecule has 0 bridgehead atoms. The van der Waals surface area contributed by atoms with Crippen LogP contribution in [0.25, 0.3) is 0 Å². The van der Waals surface area contributed by atoms with Gasteiger partial charge < -0.3 is 4.98 Å². The molecule has 1 aliphatic rings. The highest BCUT2D eigenvalue weighted by atomic mass is 16.1. The van der Waals surface area contributed by atoms with Crippen LogP contribution in [0.1, 0.15) is 36.7 Å². The summed E-state index contributed by atoms with van der Waals surface area (Å²) in [6, 6.07) is 3.72. The topological polar surface area (TPSA) is 36.1 Å². The van der Waals surface area contributed by atoms with Gasteiger partial charge in [0.05, 0.1) is 12.2 Å². The molecule has 0 aromatic carbocycles. The number of hydrogen-bond donors (Lipinski definition) is 1. The Morgan fingerprint density at radius 1 is 1.50 bits per heavy atom. The van der Waals surface area contributed by atoms with Crippen LogP contribution in [-0.2, 0) is 0 Å². The molecule has 0 radical (unpaired) electrons. The predicted octanol–water partition coefficient (Wildman–Crippen LogP) is 2.32. The monoisotopic (exact) mass is 220 g/mol. The third-order valence-corrected chi connectivity index (χ3v) is 3.37. The number of rotatable bonds is 3. The fourth-order valence-corrected chi connectivity index (χ4v) is 2.27. The van der Waals surface area contributed by atoms with Crippen LogP contribution in [0.4, 0.5) is 0 Å². The number of H-pyrrole nitrogens is 1. The molecule has 1 N–H and O–H groups in total. The van der Waals surface area contributed by atoms with Crippen LogP contribution in [0.5, 0.6) is 0 Å². The van der Waals surface area contributed by atoms with E-state index < -0.39 is 0 Å². The molecule has 2 rings (SSSR count). The lowest BCUT2D eigenvalue weighted by Gasteiger charge is -2.18. The van der Waals surface area contributed by atoms with Crippen molar-refractivity contribution in [3.8, 4) is 0 Å². The average Bonchev–Trinajstić information content (AvgIpc) is 2.72. The normalized spacial score (nSPS) is 22.9. The summed E-state index contributed by atoms with van der Waals surface area (Å²) in [6.07, 6.45) is 5.54. The highest BCUT2D eigenvalue weighted by Gasteiger charge is 2.17.